The summed E-state index contributed by atoms with van der Waals surface area (Å²) in [6.07, 6.45) is 8.08. The average molecular weight is 389 g/mol. The van der Waals surface area contributed by atoms with Crippen LogP contribution in [0, 0.1) is 17.8 Å². The predicted octanol–water partition coefficient (Wildman–Crippen LogP) is 4.12. The van der Waals surface area contributed by atoms with Gasteiger partial charge < -0.3 is 10.6 Å². The molecule has 3 N–H and O–H groups in total. The number of halogens is 3. The van der Waals surface area contributed by atoms with E-state index in [1.54, 1.807) is 12.1 Å². The van der Waals surface area contributed by atoms with E-state index in [1.165, 1.54) is 38.5 Å². The monoisotopic (exact) mass is 387 g/mol. The van der Waals surface area contributed by atoms with Crippen LogP contribution < -0.4 is 10.6 Å². The summed E-state index contributed by atoms with van der Waals surface area (Å²) in [5.41, 5.74) is 0.822. The zero-order valence-electron chi connectivity index (χ0n) is 13.5. The standard InChI is InChI=1S/C18H21Cl3N2O/c19-13-4-15(21)16(5-14(13)20)23-17(24)9-22-18-6-10-1-11(7-18)3-12(2-10)8-18/h4-5,10-12,22H,1-3,6-9H2,(H,23,24)/p+1. The fraction of sp³-hybridized carbons (Fsp3) is 0.611. The fourth-order valence-electron chi connectivity index (χ4n) is 5.56. The lowest BCUT2D eigenvalue weighted by molar-refractivity contribution is -0.729. The second-order valence-electron chi connectivity index (χ2n) is 7.98. The predicted molar refractivity (Wildman–Crippen MR) is 97.8 cm³/mol. The Hall–Kier alpha value is -0.480. The second-order valence-corrected chi connectivity index (χ2v) is 9.20. The van der Waals surface area contributed by atoms with Gasteiger partial charge in [0, 0.05) is 19.3 Å². The summed E-state index contributed by atoms with van der Waals surface area (Å²) in [5.74, 6) is 2.63. The van der Waals surface area contributed by atoms with Crippen molar-refractivity contribution in [2.45, 2.75) is 44.1 Å². The number of hydrogen-bond donors (Lipinski definition) is 2. The molecule has 130 valence electrons. The van der Waals surface area contributed by atoms with E-state index in [4.69, 9.17) is 34.8 Å². The van der Waals surface area contributed by atoms with Crippen molar-refractivity contribution in [3.63, 3.8) is 0 Å². The lowest BCUT2D eigenvalue weighted by Gasteiger charge is -2.54. The molecule has 5 rings (SSSR count). The van der Waals surface area contributed by atoms with Crippen molar-refractivity contribution in [3.8, 4) is 0 Å². The van der Waals surface area contributed by atoms with Gasteiger partial charge in [0.2, 0.25) is 0 Å². The van der Waals surface area contributed by atoms with Gasteiger partial charge in [-0.25, -0.2) is 0 Å². The molecule has 0 unspecified atom stereocenters. The number of benzene rings is 1. The maximum absolute atomic E-state index is 12.4. The maximum atomic E-state index is 12.4. The molecule has 0 aliphatic heterocycles. The maximum Gasteiger partial charge on any atom is 0.279 e. The SMILES string of the molecule is O=C(C[NH2+]C12CC3CC(CC(C3)C1)C2)Nc1cc(Cl)c(Cl)cc1Cl. The molecule has 4 fully saturated rings. The summed E-state index contributed by atoms with van der Waals surface area (Å²) in [4.78, 5) is 12.4. The zero-order chi connectivity index (χ0) is 16.9. The van der Waals surface area contributed by atoms with Gasteiger partial charge in [-0.15, -0.1) is 0 Å². The molecule has 1 aromatic carbocycles. The summed E-state index contributed by atoms with van der Waals surface area (Å²) in [6.45, 7) is 0.433. The van der Waals surface area contributed by atoms with Crippen LogP contribution in [0.4, 0.5) is 5.69 Å². The van der Waals surface area contributed by atoms with Crippen molar-refractivity contribution in [1.29, 1.82) is 0 Å². The molecule has 4 aliphatic carbocycles. The van der Waals surface area contributed by atoms with Crippen LogP contribution >= 0.6 is 34.8 Å². The highest BCUT2D eigenvalue weighted by atomic mass is 35.5. The van der Waals surface area contributed by atoms with Gasteiger partial charge in [0.1, 0.15) is 0 Å². The minimum Gasteiger partial charge on any atom is -0.334 e. The van der Waals surface area contributed by atoms with Crippen molar-refractivity contribution in [2.24, 2.45) is 17.8 Å². The largest absolute Gasteiger partial charge is 0.334 e. The number of hydrogen-bond acceptors (Lipinski definition) is 1. The van der Waals surface area contributed by atoms with Crippen LogP contribution in [0.3, 0.4) is 0 Å². The Labute approximate surface area is 157 Å². The molecule has 0 spiro atoms. The van der Waals surface area contributed by atoms with Crippen molar-refractivity contribution >= 4 is 46.4 Å². The quantitative estimate of drug-likeness (QED) is 0.749. The molecule has 24 heavy (non-hydrogen) atoms. The molecule has 0 saturated heterocycles. The molecule has 0 atom stereocenters. The van der Waals surface area contributed by atoms with E-state index in [9.17, 15) is 4.79 Å². The highest BCUT2D eigenvalue weighted by molar-refractivity contribution is 6.44. The number of quaternary nitrogens is 1. The molecule has 6 heteroatoms. The van der Waals surface area contributed by atoms with Crippen LogP contribution in [0.15, 0.2) is 12.1 Å². The number of nitrogens with two attached hydrogens (primary N) is 1. The molecule has 4 aliphatic rings. The molecule has 4 bridgehead atoms. The Balaban J connectivity index is 1.38. The van der Waals surface area contributed by atoms with Crippen LogP contribution in [-0.4, -0.2) is 18.0 Å². The molecule has 1 amide bonds. The molecular weight excluding hydrogens is 367 g/mol. The third kappa shape index (κ3) is 3.29. The van der Waals surface area contributed by atoms with E-state index in [0.29, 0.717) is 32.8 Å². The number of anilines is 1. The summed E-state index contributed by atoms with van der Waals surface area (Å²) in [6, 6.07) is 3.17. The third-order valence-corrected chi connectivity index (χ3v) is 7.12. The van der Waals surface area contributed by atoms with Gasteiger partial charge >= 0.3 is 0 Å². The number of rotatable bonds is 4. The summed E-state index contributed by atoms with van der Waals surface area (Å²) < 4.78 is 0. The molecule has 3 nitrogen and oxygen atoms in total. The van der Waals surface area contributed by atoms with Crippen molar-refractivity contribution in [3.05, 3.63) is 27.2 Å². The molecule has 4 saturated carbocycles. The summed E-state index contributed by atoms with van der Waals surface area (Å²) in [7, 11) is 0. The van der Waals surface area contributed by atoms with Crippen molar-refractivity contribution < 1.29 is 10.1 Å². The second kappa shape index (κ2) is 6.35. The average Bonchev–Trinajstić information content (AvgIpc) is 2.49. The zero-order valence-corrected chi connectivity index (χ0v) is 15.7. The first-order valence-corrected chi connectivity index (χ1v) is 9.85. The van der Waals surface area contributed by atoms with Gasteiger partial charge in [-0.1, -0.05) is 34.8 Å². The van der Waals surface area contributed by atoms with Crippen LogP contribution in [0.5, 0.6) is 0 Å². The number of nitrogens with one attached hydrogen (secondary N) is 1. The van der Waals surface area contributed by atoms with Gasteiger partial charge in [-0.3, -0.25) is 4.79 Å². The Bertz CT molecular complexity index is 641. The van der Waals surface area contributed by atoms with Gasteiger partial charge in [0.25, 0.3) is 5.91 Å². The van der Waals surface area contributed by atoms with Gasteiger partial charge in [-0.05, 0) is 49.1 Å². The van der Waals surface area contributed by atoms with Gasteiger partial charge in [-0.2, -0.15) is 0 Å². The van der Waals surface area contributed by atoms with Crippen LogP contribution in [-0.2, 0) is 4.79 Å². The highest BCUT2D eigenvalue weighted by Gasteiger charge is 2.53. The van der Waals surface area contributed by atoms with Crippen molar-refractivity contribution in [1.82, 2.24) is 0 Å². The van der Waals surface area contributed by atoms with Crippen molar-refractivity contribution in [2.75, 3.05) is 11.9 Å². The topological polar surface area (TPSA) is 45.7 Å². The third-order valence-electron chi connectivity index (χ3n) is 6.09. The van der Waals surface area contributed by atoms with Crippen LogP contribution in [0.1, 0.15) is 38.5 Å². The summed E-state index contributed by atoms with van der Waals surface area (Å²) in [5, 5.41) is 6.34. The van der Waals surface area contributed by atoms with E-state index in [0.717, 1.165) is 17.8 Å². The first kappa shape index (κ1) is 17.0. The number of carbonyl (C=O) groups excluding carboxylic acids is 1. The molecular formula is C18H22Cl3N2O+. The number of carbonyl (C=O) groups is 1. The van der Waals surface area contributed by atoms with Gasteiger partial charge in [0.05, 0.1) is 26.3 Å². The first-order valence-electron chi connectivity index (χ1n) is 8.71. The van der Waals surface area contributed by atoms with Crippen LogP contribution in [0.2, 0.25) is 15.1 Å². The molecule has 0 aromatic heterocycles. The van der Waals surface area contributed by atoms with E-state index < -0.39 is 0 Å². The minimum absolute atomic E-state index is 0.0361. The first-order chi connectivity index (χ1) is 11.4. The van der Waals surface area contributed by atoms with E-state index in [1.807, 2.05) is 0 Å². The van der Waals surface area contributed by atoms with E-state index in [2.05, 4.69) is 10.6 Å². The Kier molecular flexibility index (Phi) is 4.49. The van der Waals surface area contributed by atoms with E-state index in [-0.39, 0.29) is 5.91 Å². The van der Waals surface area contributed by atoms with E-state index >= 15 is 0 Å². The smallest absolute Gasteiger partial charge is 0.279 e. The normalized spacial score (nSPS) is 33.7. The molecule has 0 heterocycles. The number of amides is 1. The fourth-order valence-corrected chi connectivity index (χ4v) is 6.15. The lowest BCUT2D eigenvalue weighted by Crippen LogP contribution is -3.00. The Morgan fingerprint density at radius 3 is 2.12 bits per heavy atom. The lowest BCUT2D eigenvalue weighted by atomic mass is 9.53. The molecule has 0 radical (unpaired) electrons. The van der Waals surface area contributed by atoms with Gasteiger partial charge in [0.15, 0.2) is 6.54 Å². The Morgan fingerprint density at radius 1 is 1.00 bits per heavy atom. The highest BCUT2D eigenvalue weighted by Crippen LogP contribution is 2.54. The minimum atomic E-state index is -0.0361. The molecule has 1 aromatic rings. The Morgan fingerprint density at radius 2 is 1.54 bits per heavy atom. The van der Waals surface area contributed by atoms with Crippen LogP contribution in [0.25, 0.3) is 0 Å². The summed E-state index contributed by atoms with van der Waals surface area (Å²) >= 11 is 18.1.